The average molecular weight is 439 g/mol. The Hall–Kier alpha value is -2.96. The third-order valence-electron chi connectivity index (χ3n) is 4.72. The number of furan rings is 1. The topological polar surface area (TPSA) is 53.8 Å². The fraction of sp³-hybridized carbons (Fsp3) is 0.130. The van der Waals surface area contributed by atoms with Crippen LogP contribution in [-0.4, -0.2) is 25.9 Å². The van der Waals surface area contributed by atoms with Crippen LogP contribution in [0.15, 0.2) is 76.2 Å². The van der Waals surface area contributed by atoms with Crippen LogP contribution in [0.2, 0.25) is 5.02 Å². The summed E-state index contributed by atoms with van der Waals surface area (Å²) in [6, 6.07) is 17.9. The van der Waals surface area contributed by atoms with Gasteiger partial charge in [-0.25, -0.2) is 4.90 Å². The number of anilines is 2. The maximum absolute atomic E-state index is 13.4. The molecule has 1 aliphatic rings. The van der Waals surface area contributed by atoms with Crippen LogP contribution in [0, 0.1) is 0 Å². The number of carbonyl (C=O) groups excluding carboxylic acids is 2. The molecular formula is C23H19ClN2O3S. The van der Waals surface area contributed by atoms with E-state index in [1.54, 1.807) is 42.7 Å². The molecule has 5 nitrogen and oxygen atoms in total. The van der Waals surface area contributed by atoms with Crippen molar-refractivity contribution in [3.05, 3.63) is 88.2 Å². The lowest BCUT2D eigenvalue weighted by Gasteiger charge is -2.19. The molecule has 0 saturated heterocycles. The summed E-state index contributed by atoms with van der Waals surface area (Å²) in [5.41, 5.74) is 2.48. The van der Waals surface area contributed by atoms with Gasteiger partial charge in [0.2, 0.25) is 0 Å². The minimum absolute atomic E-state index is 0.336. The Morgan fingerprint density at radius 3 is 2.43 bits per heavy atom. The van der Waals surface area contributed by atoms with Crippen molar-refractivity contribution >= 4 is 52.1 Å². The first-order valence-electron chi connectivity index (χ1n) is 9.27. The zero-order valence-corrected chi connectivity index (χ0v) is 18.0. The molecule has 2 amide bonds. The predicted octanol–water partition coefficient (Wildman–Crippen LogP) is 5.22. The first-order valence-corrected chi connectivity index (χ1v) is 10.6. The summed E-state index contributed by atoms with van der Waals surface area (Å²) < 4.78 is 5.39. The van der Waals surface area contributed by atoms with E-state index in [9.17, 15) is 9.59 Å². The summed E-state index contributed by atoms with van der Waals surface area (Å²) in [7, 11) is 3.82. The van der Waals surface area contributed by atoms with Gasteiger partial charge in [0, 0.05) is 24.8 Å². The number of halogens is 1. The summed E-state index contributed by atoms with van der Waals surface area (Å²) >= 11 is 7.32. The van der Waals surface area contributed by atoms with E-state index in [1.165, 1.54) is 16.7 Å². The molecule has 3 aromatic rings. The maximum atomic E-state index is 13.4. The molecule has 0 atom stereocenters. The number of carbonyl (C=O) groups is 2. The lowest BCUT2D eigenvalue weighted by Crippen LogP contribution is -2.31. The van der Waals surface area contributed by atoms with E-state index in [-0.39, 0.29) is 11.8 Å². The Morgan fingerprint density at radius 1 is 1.00 bits per heavy atom. The Balaban J connectivity index is 1.75. The molecule has 1 aromatic heterocycles. The molecule has 0 saturated carbocycles. The number of thioether (sulfide) groups is 1. The molecule has 152 valence electrons. The molecule has 4 rings (SSSR count). The van der Waals surface area contributed by atoms with Gasteiger partial charge >= 0.3 is 0 Å². The van der Waals surface area contributed by atoms with Crippen molar-refractivity contribution in [2.75, 3.05) is 23.9 Å². The molecule has 1 aliphatic heterocycles. The van der Waals surface area contributed by atoms with Crippen LogP contribution in [0.4, 0.5) is 11.4 Å². The van der Waals surface area contributed by atoms with Crippen molar-refractivity contribution in [3.63, 3.8) is 0 Å². The standard InChI is InChI=1S/C23H19ClN2O3S/c1-25(2)17-5-3-6-18(13-17)26-22(27)20(15-8-10-16(24)11-9-15)21(23(26)28)30-14-19-7-4-12-29-19/h3-13H,14H2,1-2H3. The van der Waals surface area contributed by atoms with Gasteiger partial charge in [0.05, 0.1) is 28.2 Å². The zero-order chi connectivity index (χ0) is 21.3. The van der Waals surface area contributed by atoms with Crippen LogP contribution in [0.25, 0.3) is 5.57 Å². The van der Waals surface area contributed by atoms with Crippen LogP contribution < -0.4 is 9.80 Å². The number of hydrogen-bond acceptors (Lipinski definition) is 5. The highest BCUT2D eigenvalue weighted by atomic mass is 35.5. The van der Waals surface area contributed by atoms with Crippen molar-refractivity contribution in [1.29, 1.82) is 0 Å². The summed E-state index contributed by atoms with van der Waals surface area (Å²) in [6.45, 7) is 0. The number of amides is 2. The zero-order valence-electron chi connectivity index (χ0n) is 16.5. The minimum atomic E-state index is -0.347. The van der Waals surface area contributed by atoms with Gasteiger partial charge in [-0.3, -0.25) is 9.59 Å². The average Bonchev–Trinajstić information content (AvgIpc) is 3.33. The largest absolute Gasteiger partial charge is 0.468 e. The summed E-state index contributed by atoms with van der Waals surface area (Å²) in [5.74, 6) is 0.498. The lowest BCUT2D eigenvalue weighted by molar-refractivity contribution is -0.119. The summed E-state index contributed by atoms with van der Waals surface area (Å²) in [5, 5.41) is 0.566. The van der Waals surface area contributed by atoms with E-state index < -0.39 is 0 Å². The number of nitrogens with zero attached hydrogens (tertiary/aromatic N) is 2. The van der Waals surface area contributed by atoms with Crippen molar-refractivity contribution in [3.8, 4) is 0 Å². The van der Waals surface area contributed by atoms with Crippen molar-refractivity contribution in [1.82, 2.24) is 0 Å². The second-order valence-electron chi connectivity index (χ2n) is 6.94. The monoisotopic (exact) mass is 438 g/mol. The molecule has 0 N–H and O–H groups in total. The van der Waals surface area contributed by atoms with E-state index in [0.717, 1.165) is 11.4 Å². The minimum Gasteiger partial charge on any atom is -0.468 e. The van der Waals surface area contributed by atoms with Gasteiger partial charge in [0.15, 0.2) is 0 Å². The van der Waals surface area contributed by atoms with Gasteiger partial charge in [-0.1, -0.05) is 29.8 Å². The molecule has 0 unspecified atom stereocenters. The molecule has 7 heteroatoms. The van der Waals surface area contributed by atoms with Gasteiger partial charge in [0.1, 0.15) is 5.76 Å². The third kappa shape index (κ3) is 3.88. The van der Waals surface area contributed by atoms with Gasteiger partial charge in [-0.05, 0) is 48.0 Å². The highest BCUT2D eigenvalue weighted by Gasteiger charge is 2.40. The van der Waals surface area contributed by atoms with Gasteiger partial charge < -0.3 is 9.32 Å². The molecular weight excluding hydrogens is 420 g/mol. The number of rotatable bonds is 6. The second kappa shape index (κ2) is 8.42. The van der Waals surface area contributed by atoms with Gasteiger partial charge in [-0.15, -0.1) is 11.8 Å². The van der Waals surface area contributed by atoms with E-state index in [2.05, 4.69) is 0 Å². The molecule has 0 aliphatic carbocycles. The maximum Gasteiger partial charge on any atom is 0.272 e. The molecule has 0 spiro atoms. The molecule has 2 heterocycles. The predicted molar refractivity (Wildman–Crippen MR) is 122 cm³/mol. The van der Waals surface area contributed by atoms with E-state index in [4.69, 9.17) is 16.0 Å². The smallest absolute Gasteiger partial charge is 0.272 e. The lowest BCUT2D eigenvalue weighted by atomic mass is 10.1. The Labute approximate surface area is 183 Å². The summed E-state index contributed by atoms with van der Waals surface area (Å²) in [4.78, 5) is 30.3. The van der Waals surface area contributed by atoms with E-state index >= 15 is 0 Å². The van der Waals surface area contributed by atoms with Crippen molar-refractivity contribution in [2.45, 2.75) is 5.75 Å². The highest BCUT2D eigenvalue weighted by molar-refractivity contribution is 8.03. The van der Waals surface area contributed by atoms with Crippen molar-refractivity contribution < 1.29 is 14.0 Å². The van der Waals surface area contributed by atoms with Gasteiger partial charge in [-0.2, -0.15) is 0 Å². The Kier molecular flexibility index (Phi) is 5.70. The fourth-order valence-electron chi connectivity index (χ4n) is 3.20. The SMILES string of the molecule is CN(C)c1cccc(N2C(=O)C(SCc3ccco3)=C(c3ccc(Cl)cc3)C2=O)c1. The highest BCUT2D eigenvalue weighted by Crippen LogP contribution is 2.40. The Morgan fingerprint density at radius 2 is 1.77 bits per heavy atom. The first kappa shape index (κ1) is 20.3. The normalized spacial score (nSPS) is 14.0. The molecule has 0 fully saturated rings. The van der Waals surface area contributed by atoms with Crippen LogP contribution >= 0.6 is 23.4 Å². The second-order valence-corrected chi connectivity index (χ2v) is 8.36. The first-order chi connectivity index (χ1) is 14.5. The number of hydrogen-bond donors (Lipinski definition) is 0. The fourth-order valence-corrected chi connectivity index (χ4v) is 4.34. The van der Waals surface area contributed by atoms with E-state index in [0.29, 0.717) is 32.5 Å². The van der Waals surface area contributed by atoms with E-state index in [1.807, 2.05) is 43.3 Å². The van der Waals surface area contributed by atoms with Gasteiger partial charge in [0.25, 0.3) is 11.8 Å². The Bertz CT molecular complexity index is 1120. The molecule has 2 aromatic carbocycles. The summed E-state index contributed by atoms with van der Waals surface area (Å²) in [6.07, 6.45) is 1.59. The number of imide groups is 1. The van der Waals surface area contributed by atoms with Crippen LogP contribution in [-0.2, 0) is 15.3 Å². The third-order valence-corrected chi connectivity index (χ3v) is 6.07. The molecule has 0 bridgehead atoms. The number of benzene rings is 2. The van der Waals surface area contributed by atoms with Crippen LogP contribution in [0.1, 0.15) is 11.3 Å². The molecule has 30 heavy (non-hydrogen) atoms. The quantitative estimate of drug-likeness (QED) is 0.494. The van der Waals surface area contributed by atoms with Crippen molar-refractivity contribution in [2.24, 2.45) is 0 Å². The van der Waals surface area contributed by atoms with Crippen LogP contribution in [0.5, 0.6) is 0 Å². The molecule has 0 radical (unpaired) electrons. The van der Waals surface area contributed by atoms with Crippen LogP contribution in [0.3, 0.4) is 0 Å².